The molecule has 0 radical (unpaired) electrons. The second-order valence-corrected chi connectivity index (χ2v) is 12.0. The van der Waals surface area contributed by atoms with E-state index in [0.29, 0.717) is 32.1 Å². The average molecular weight is 617 g/mol. The van der Waals surface area contributed by atoms with Gasteiger partial charge in [-0.3, -0.25) is 14.2 Å². The monoisotopic (exact) mass is 615 g/mol. The summed E-state index contributed by atoms with van der Waals surface area (Å²) in [5.41, 5.74) is 3.45. The first-order valence-corrected chi connectivity index (χ1v) is 14.7. The van der Waals surface area contributed by atoms with Gasteiger partial charge in [0.05, 0.1) is 15.8 Å². The number of nitrogens with one attached hydrogen (secondary N) is 1. The van der Waals surface area contributed by atoms with Crippen molar-refractivity contribution in [3.8, 4) is 11.3 Å². The standard InChI is InChI=1S/C30H22BrN3O3S2/c1-17-6-3-4-7-22(17)33-28(35)26-18(2)32-30-34(27(26)24-8-5-15-38-24)29(36)25(39-30)16-21-13-14-23(37-21)19-9-11-20(31)12-10-19/h3-16,27H,1-2H3,(H,33,35)/b25-16+/t27-/m0/s1. The molecule has 1 atom stereocenters. The van der Waals surface area contributed by atoms with Crippen molar-refractivity contribution >= 4 is 56.3 Å². The number of thiazole rings is 1. The maximum absolute atomic E-state index is 13.8. The van der Waals surface area contributed by atoms with E-state index in [-0.39, 0.29) is 11.5 Å². The summed E-state index contributed by atoms with van der Waals surface area (Å²) < 4.78 is 9.14. The van der Waals surface area contributed by atoms with Gasteiger partial charge in [-0.2, -0.15) is 0 Å². The highest BCUT2D eigenvalue weighted by molar-refractivity contribution is 9.10. The first kappa shape index (κ1) is 25.5. The van der Waals surface area contributed by atoms with Crippen molar-refractivity contribution in [2.45, 2.75) is 19.9 Å². The van der Waals surface area contributed by atoms with Gasteiger partial charge in [0.25, 0.3) is 11.5 Å². The third-order valence-electron chi connectivity index (χ3n) is 6.50. The van der Waals surface area contributed by atoms with Crippen molar-refractivity contribution in [1.29, 1.82) is 0 Å². The number of aryl methyl sites for hydroxylation is 1. The Morgan fingerprint density at radius 3 is 2.59 bits per heavy atom. The first-order valence-electron chi connectivity index (χ1n) is 12.2. The third-order valence-corrected chi connectivity index (χ3v) is 8.94. The van der Waals surface area contributed by atoms with E-state index in [2.05, 4.69) is 21.2 Å². The summed E-state index contributed by atoms with van der Waals surface area (Å²) in [6.07, 6.45) is 1.74. The number of allylic oxidation sites excluding steroid dienone is 1. The van der Waals surface area contributed by atoms with Crippen LogP contribution in [-0.4, -0.2) is 10.5 Å². The summed E-state index contributed by atoms with van der Waals surface area (Å²) in [6.45, 7) is 3.76. The summed E-state index contributed by atoms with van der Waals surface area (Å²) >= 11 is 6.25. The zero-order valence-electron chi connectivity index (χ0n) is 21.0. The van der Waals surface area contributed by atoms with Crippen molar-refractivity contribution < 1.29 is 9.21 Å². The highest BCUT2D eigenvalue weighted by Crippen LogP contribution is 2.33. The minimum atomic E-state index is -0.581. The van der Waals surface area contributed by atoms with Gasteiger partial charge in [-0.15, -0.1) is 11.3 Å². The zero-order chi connectivity index (χ0) is 27.1. The summed E-state index contributed by atoms with van der Waals surface area (Å²) in [6, 6.07) is 22.5. The number of halogens is 1. The molecule has 3 aromatic heterocycles. The molecule has 0 spiro atoms. The van der Waals surface area contributed by atoms with E-state index in [4.69, 9.17) is 9.41 Å². The molecule has 194 valence electrons. The number of hydrogen-bond acceptors (Lipinski definition) is 6. The van der Waals surface area contributed by atoms with Crippen LogP contribution < -0.4 is 20.2 Å². The molecule has 0 aliphatic carbocycles. The van der Waals surface area contributed by atoms with E-state index in [0.717, 1.165) is 26.2 Å². The van der Waals surface area contributed by atoms with E-state index in [9.17, 15) is 9.59 Å². The number of aromatic nitrogens is 1. The molecular weight excluding hydrogens is 594 g/mol. The van der Waals surface area contributed by atoms with Crippen LogP contribution in [0.5, 0.6) is 0 Å². The lowest BCUT2D eigenvalue weighted by Gasteiger charge is -2.24. The molecule has 1 amide bonds. The number of thiophene rings is 1. The van der Waals surface area contributed by atoms with Crippen molar-refractivity contribution in [2.24, 2.45) is 4.99 Å². The van der Waals surface area contributed by atoms with Crippen LogP contribution in [0.3, 0.4) is 0 Å². The minimum absolute atomic E-state index is 0.215. The second-order valence-electron chi connectivity index (χ2n) is 9.08. The Kier molecular flexibility index (Phi) is 6.80. The SMILES string of the molecule is CC1=C(C(=O)Nc2ccccc2C)[C@H](c2cccs2)n2c(s/c(=C/c3ccc(-c4ccc(Br)cc4)o3)c2=O)=N1. The van der Waals surface area contributed by atoms with Crippen molar-refractivity contribution in [3.63, 3.8) is 0 Å². The zero-order valence-corrected chi connectivity index (χ0v) is 24.2. The molecule has 39 heavy (non-hydrogen) atoms. The smallest absolute Gasteiger partial charge is 0.271 e. The van der Waals surface area contributed by atoms with Crippen LogP contribution in [0.25, 0.3) is 17.4 Å². The van der Waals surface area contributed by atoms with Crippen LogP contribution in [0.2, 0.25) is 0 Å². The summed E-state index contributed by atoms with van der Waals surface area (Å²) in [5, 5.41) is 4.98. The molecule has 0 bridgehead atoms. The summed E-state index contributed by atoms with van der Waals surface area (Å²) in [4.78, 5) is 33.6. The lowest BCUT2D eigenvalue weighted by Crippen LogP contribution is -2.40. The van der Waals surface area contributed by atoms with Gasteiger partial charge in [0.2, 0.25) is 0 Å². The molecule has 4 heterocycles. The Balaban J connectivity index is 1.42. The predicted octanol–water partition coefficient (Wildman–Crippen LogP) is 6.27. The fourth-order valence-electron chi connectivity index (χ4n) is 4.56. The number of rotatable bonds is 5. The number of carbonyl (C=O) groups excluding carboxylic acids is 1. The van der Waals surface area contributed by atoms with Gasteiger partial charge in [0, 0.05) is 26.7 Å². The Morgan fingerprint density at radius 2 is 1.85 bits per heavy atom. The molecular formula is C30H22BrN3O3S2. The van der Waals surface area contributed by atoms with Gasteiger partial charge in [-0.1, -0.05) is 63.7 Å². The normalized spacial score (nSPS) is 15.3. The maximum atomic E-state index is 13.8. The second kappa shape index (κ2) is 10.4. The Morgan fingerprint density at radius 1 is 1.05 bits per heavy atom. The van der Waals surface area contributed by atoms with Crippen molar-refractivity contribution in [3.05, 3.63) is 130 Å². The minimum Gasteiger partial charge on any atom is -0.457 e. The van der Waals surface area contributed by atoms with E-state index >= 15 is 0 Å². The van der Waals surface area contributed by atoms with Gasteiger partial charge in [0.15, 0.2) is 4.80 Å². The van der Waals surface area contributed by atoms with Gasteiger partial charge in [-0.25, -0.2) is 4.99 Å². The first-order chi connectivity index (χ1) is 18.9. The molecule has 5 aromatic rings. The van der Waals surface area contributed by atoms with Crippen LogP contribution >= 0.6 is 38.6 Å². The number of benzene rings is 2. The summed E-state index contributed by atoms with van der Waals surface area (Å²) in [7, 11) is 0. The van der Waals surface area contributed by atoms with E-state index in [1.165, 1.54) is 22.7 Å². The Hall–Kier alpha value is -3.79. The molecule has 0 fully saturated rings. The van der Waals surface area contributed by atoms with Crippen LogP contribution in [0.4, 0.5) is 5.69 Å². The molecule has 1 aliphatic rings. The van der Waals surface area contributed by atoms with Crippen LogP contribution in [-0.2, 0) is 4.79 Å². The van der Waals surface area contributed by atoms with E-state index < -0.39 is 6.04 Å². The molecule has 2 aromatic carbocycles. The highest BCUT2D eigenvalue weighted by Gasteiger charge is 2.33. The van der Waals surface area contributed by atoms with E-state index in [1.54, 1.807) is 10.6 Å². The van der Waals surface area contributed by atoms with Crippen LogP contribution in [0.15, 0.2) is 108 Å². The largest absolute Gasteiger partial charge is 0.457 e. The molecule has 1 N–H and O–H groups in total. The van der Waals surface area contributed by atoms with Gasteiger partial charge in [0.1, 0.15) is 17.6 Å². The maximum Gasteiger partial charge on any atom is 0.271 e. The summed E-state index contributed by atoms with van der Waals surface area (Å²) in [5.74, 6) is 1.01. The molecule has 0 unspecified atom stereocenters. The van der Waals surface area contributed by atoms with Crippen molar-refractivity contribution in [2.75, 3.05) is 5.32 Å². The van der Waals surface area contributed by atoms with Crippen molar-refractivity contribution in [1.82, 2.24) is 4.57 Å². The topological polar surface area (TPSA) is 76.6 Å². The number of hydrogen-bond donors (Lipinski definition) is 1. The molecule has 0 saturated carbocycles. The third kappa shape index (κ3) is 4.89. The van der Waals surface area contributed by atoms with Crippen LogP contribution in [0, 0.1) is 6.92 Å². The number of amides is 1. The fourth-order valence-corrected chi connectivity index (χ4v) is 6.67. The number of carbonyl (C=O) groups is 1. The number of furan rings is 1. The Labute approximate surface area is 240 Å². The molecule has 6 rings (SSSR count). The molecule has 9 heteroatoms. The number of fused-ring (bicyclic) bond motifs is 1. The van der Waals surface area contributed by atoms with Gasteiger partial charge in [-0.05, 0) is 61.2 Å². The quantitative estimate of drug-likeness (QED) is 0.253. The lowest BCUT2D eigenvalue weighted by atomic mass is 10.0. The average Bonchev–Trinajstić information content (AvgIpc) is 3.67. The van der Waals surface area contributed by atoms with Crippen LogP contribution in [0.1, 0.15) is 29.2 Å². The lowest BCUT2D eigenvalue weighted by molar-refractivity contribution is -0.113. The number of anilines is 1. The highest BCUT2D eigenvalue weighted by atomic mass is 79.9. The van der Waals surface area contributed by atoms with Gasteiger partial charge >= 0.3 is 0 Å². The van der Waals surface area contributed by atoms with E-state index in [1.807, 2.05) is 92.0 Å². The fraction of sp³-hybridized carbons (Fsp3) is 0.100. The Bertz CT molecular complexity index is 1910. The number of para-hydroxylation sites is 1. The molecule has 1 aliphatic heterocycles. The van der Waals surface area contributed by atoms with Gasteiger partial charge < -0.3 is 9.73 Å². The molecule has 6 nitrogen and oxygen atoms in total. The predicted molar refractivity (Wildman–Crippen MR) is 160 cm³/mol. The molecule has 0 saturated heterocycles. The number of nitrogens with zero attached hydrogens (tertiary/aromatic N) is 2.